The fourth-order valence-corrected chi connectivity index (χ4v) is 1.75. The first-order valence-electron chi connectivity index (χ1n) is 6.43. The molecule has 1 rings (SSSR count). The van der Waals surface area contributed by atoms with Crippen molar-refractivity contribution in [2.24, 2.45) is 5.73 Å². The second-order valence-corrected chi connectivity index (χ2v) is 4.54. The average Bonchev–Trinajstić information content (AvgIpc) is 2.47. The molecule has 24 heavy (non-hydrogen) atoms. The molecule has 0 unspecified atom stereocenters. The van der Waals surface area contributed by atoms with E-state index < -0.39 is 43.1 Å². The number of carbonyl (C=O) groups is 2. The minimum absolute atomic E-state index is 0.0933. The Bertz CT molecular complexity index is 646. The molecule has 0 aromatic heterocycles. The molecule has 0 bridgehead atoms. The van der Waals surface area contributed by atoms with Crippen LogP contribution in [-0.2, 0) is 11.2 Å². The number of hydrogen-bond donors (Lipinski definition) is 1. The molecule has 6 nitrogen and oxygen atoms in total. The summed E-state index contributed by atoms with van der Waals surface area (Å²) in [4.78, 5) is 22.1. The molecule has 1 aromatic carbocycles. The van der Waals surface area contributed by atoms with E-state index in [0.717, 1.165) is 12.3 Å². The number of rotatable bonds is 7. The van der Waals surface area contributed by atoms with E-state index in [-0.39, 0.29) is 10.5 Å². The lowest BCUT2D eigenvalue weighted by Crippen LogP contribution is -2.38. The summed E-state index contributed by atoms with van der Waals surface area (Å²) in [6.45, 7) is -3.17. The van der Waals surface area contributed by atoms with Crippen molar-refractivity contribution in [1.82, 2.24) is 4.90 Å². The van der Waals surface area contributed by atoms with Crippen LogP contribution in [-0.4, -0.2) is 29.4 Å². The predicted octanol–water partition coefficient (Wildman–Crippen LogP) is 2.45. The van der Waals surface area contributed by atoms with Crippen molar-refractivity contribution < 1.29 is 31.9 Å². The highest BCUT2D eigenvalue weighted by molar-refractivity contribution is 5.99. The number of primary amides is 1. The summed E-state index contributed by atoms with van der Waals surface area (Å²) in [6.07, 6.45) is -0.539. The second-order valence-electron chi connectivity index (χ2n) is 4.54. The van der Waals surface area contributed by atoms with Crippen molar-refractivity contribution in [2.45, 2.75) is 25.4 Å². The Labute approximate surface area is 134 Å². The third-order valence-electron chi connectivity index (χ3n) is 2.75. The lowest BCUT2D eigenvalue weighted by molar-refractivity contribution is -0.123. The van der Waals surface area contributed by atoms with Crippen molar-refractivity contribution in [3.63, 3.8) is 0 Å². The number of halogens is 4. The van der Waals surface area contributed by atoms with Crippen LogP contribution >= 0.6 is 0 Å². The molecule has 0 saturated carbocycles. The maximum Gasteiger partial charge on any atom is 0.387 e. The SMILES string of the molecule is N#CN(C(N)=O)C(=O)[CH]CC(F)(F)Cc1ccccc1OC(F)F. The number of nitrogens with two attached hydrogens (primary N) is 1. The molecule has 0 fully saturated rings. The Morgan fingerprint density at radius 2 is 2.00 bits per heavy atom. The topological polar surface area (TPSA) is 96.4 Å². The monoisotopic (exact) mass is 346 g/mol. The van der Waals surface area contributed by atoms with Gasteiger partial charge in [0.1, 0.15) is 5.75 Å². The Morgan fingerprint density at radius 3 is 2.54 bits per heavy atom. The van der Waals surface area contributed by atoms with Crippen LogP contribution in [0.2, 0.25) is 0 Å². The van der Waals surface area contributed by atoms with Gasteiger partial charge in [0.25, 0.3) is 5.92 Å². The first-order chi connectivity index (χ1) is 11.2. The molecule has 0 saturated heterocycles. The van der Waals surface area contributed by atoms with Crippen molar-refractivity contribution in [3.05, 3.63) is 36.2 Å². The highest BCUT2D eigenvalue weighted by Crippen LogP contribution is 2.30. The molecule has 1 radical (unpaired) electrons. The maximum atomic E-state index is 13.9. The molecule has 3 amide bonds. The van der Waals surface area contributed by atoms with Gasteiger partial charge in [0.05, 0.1) is 6.42 Å². The van der Waals surface area contributed by atoms with Crippen LogP contribution in [0.3, 0.4) is 0 Å². The van der Waals surface area contributed by atoms with Gasteiger partial charge in [0.15, 0.2) is 6.19 Å². The van der Waals surface area contributed by atoms with Gasteiger partial charge in [-0.2, -0.15) is 18.9 Å². The van der Waals surface area contributed by atoms with E-state index in [9.17, 15) is 27.2 Å². The van der Waals surface area contributed by atoms with Gasteiger partial charge < -0.3 is 10.5 Å². The van der Waals surface area contributed by atoms with Gasteiger partial charge in [-0.1, -0.05) is 18.2 Å². The number of benzene rings is 1. The zero-order valence-corrected chi connectivity index (χ0v) is 12.1. The molecule has 129 valence electrons. The average molecular weight is 346 g/mol. The summed E-state index contributed by atoms with van der Waals surface area (Å²) in [5, 5.41) is 8.51. The molecule has 0 aliphatic carbocycles. The lowest BCUT2D eigenvalue weighted by Gasteiger charge is -2.18. The normalized spacial score (nSPS) is 11.0. The zero-order valence-electron chi connectivity index (χ0n) is 12.1. The number of alkyl halides is 4. The lowest BCUT2D eigenvalue weighted by atomic mass is 10.0. The number of nitrogens with zero attached hydrogens (tertiary/aromatic N) is 2. The van der Waals surface area contributed by atoms with E-state index in [1.807, 2.05) is 0 Å². The van der Waals surface area contributed by atoms with Crippen LogP contribution in [0.25, 0.3) is 0 Å². The van der Waals surface area contributed by atoms with E-state index in [4.69, 9.17) is 11.0 Å². The number of carbonyl (C=O) groups excluding carboxylic acids is 2. The van der Waals surface area contributed by atoms with E-state index in [1.54, 1.807) is 0 Å². The van der Waals surface area contributed by atoms with Gasteiger partial charge >= 0.3 is 12.6 Å². The molecular formula is C14H12F4N3O3. The van der Waals surface area contributed by atoms with E-state index in [2.05, 4.69) is 4.74 Å². The molecule has 10 heteroatoms. The molecule has 0 atom stereocenters. The van der Waals surface area contributed by atoms with Crippen LogP contribution < -0.4 is 10.5 Å². The van der Waals surface area contributed by atoms with Gasteiger partial charge in [-0.15, -0.1) is 0 Å². The smallest absolute Gasteiger partial charge is 0.387 e. The van der Waals surface area contributed by atoms with E-state index in [1.165, 1.54) is 18.2 Å². The fraction of sp³-hybridized carbons (Fsp3) is 0.286. The number of imide groups is 1. The summed E-state index contributed by atoms with van der Waals surface area (Å²) in [7, 11) is 0. The maximum absolute atomic E-state index is 13.9. The summed E-state index contributed by atoms with van der Waals surface area (Å²) in [5.41, 5.74) is 4.54. The summed E-state index contributed by atoms with van der Waals surface area (Å²) in [5.74, 6) is -5.22. The van der Waals surface area contributed by atoms with Crippen molar-refractivity contribution >= 4 is 11.9 Å². The molecule has 0 heterocycles. The van der Waals surface area contributed by atoms with Crippen LogP contribution in [0.1, 0.15) is 12.0 Å². The first kappa shape index (κ1) is 19.2. The number of amides is 3. The Balaban J connectivity index is 2.75. The Morgan fingerprint density at radius 1 is 1.38 bits per heavy atom. The second kappa shape index (κ2) is 8.14. The van der Waals surface area contributed by atoms with E-state index >= 15 is 0 Å². The highest BCUT2D eigenvalue weighted by atomic mass is 19.3. The molecule has 0 aliphatic heterocycles. The van der Waals surface area contributed by atoms with Crippen molar-refractivity contribution in [3.8, 4) is 11.9 Å². The number of ether oxygens (including phenoxy) is 1. The Kier molecular flexibility index (Phi) is 6.52. The van der Waals surface area contributed by atoms with Crippen LogP contribution in [0.4, 0.5) is 22.4 Å². The van der Waals surface area contributed by atoms with Crippen molar-refractivity contribution in [1.29, 1.82) is 5.26 Å². The number of nitriles is 1. The van der Waals surface area contributed by atoms with Gasteiger partial charge in [0, 0.05) is 18.4 Å². The number of para-hydroxylation sites is 1. The predicted molar refractivity (Wildman–Crippen MR) is 72.7 cm³/mol. The minimum atomic E-state index is -3.50. The van der Waals surface area contributed by atoms with Crippen LogP contribution in [0.15, 0.2) is 24.3 Å². The molecule has 0 spiro atoms. The largest absolute Gasteiger partial charge is 0.435 e. The summed E-state index contributed by atoms with van der Waals surface area (Å²) in [6, 6.07) is 3.59. The van der Waals surface area contributed by atoms with Gasteiger partial charge in [-0.3, -0.25) is 4.79 Å². The highest BCUT2D eigenvalue weighted by Gasteiger charge is 2.33. The molecule has 2 N–H and O–H groups in total. The van der Waals surface area contributed by atoms with Gasteiger partial charge in [-0.05, 0) is 6.07 Å². The molecule has 0 aliphatic rings. The first-order valence-corrected chi connectivity index (χ1v) is 6.43. The Hall–Kier alpha value is -2.83. The number of urea groups is 1. The summed E-state index contributed by atoms with van der Waals surface area (Å²) >= 11 is 0. The quantitative estimate of drug-likeness (QED) is 0.466. The van der Waals surface area contributed by atoms with Crippen molar-refractivity contribution in [2.75, 3.05) is 0 Å². The molecule has 1 aromatic rings. The standard InChI is InChI=1S/C14H12F4N3O3/c15-12(16)24-10-4-2-1-3-9(10)7-14(17,18)6-5-11(22)21(8-19)13(20)23/h1-5,12H,6-7H2,(H2,20,23). The van der Waals surface area contributed by atoms with E-state index in [0.29, 0.717) is 6.42 Å². The van der Waals surface area contributed by atoms with Gasteiger partial charge in [0.2, 0.25) is 5.91 Å². The minimum Gasteiger partial charge on any atom is -0.435 e. The zero-order chi connectivity index (χ0) is 18.3. The third kappa shape index (κ3) is 5.75. The van der Waals surface area contributed by atoms with Crippen LogP contribution in [0, 0.1) is 17.9 Å². The summed E-state index contributed by atoms with van der Waals surface area (Å²) < 4.78 is 56.5. The molecular weight excluding hydrogens is 334 g/mol. The number of hydrogen-bond acceptors (Lipinski definition) is 4. The van der Waals surface area contributed by atoms with Crippen LogP contribution in [0.5, 0.6) is 5.75 Å². The van der Waals surface area contributed by atoms with Gasteiger partial charge in [-0.25, -0.2) is 13.6 Å². The third-order valence-corrected chi connectivity index (χ3v) is 2.75. The fourth-order valence-electron chi connectivity index (χ4n) is 1.75.